The first-order valence-corrected chi connectivity index (χ1v) is 13.2. The smallest absolute Gasteiger partial charge is 0.409 e. The summed E-state index contributed by atoms with van der Waals surface area (Å²) in [7, 11) is 3.21. The molecule has 3 heterocycles. The second-order valence-electron chi connectivity index (χ2n) is 10.9. The van der Waals surface area contributed by atoms with Gasteiger partial charge < -0.3 is 9.64 Å². The summed E-state index contributed by atoms with van der Waals surface area (Å²) < 4.78 is 8.09. The van der Waals surface area contributed by atoms with Crippen LogP contribution in [-0.4, -0.2) is 52.1 Å². The molecule has 1 aromatic heterocycles. The molecule has 0 radical (unpaired) electrons. The number of imide groups is 1. The van der Waals surface area contributed by atoms with Gasteiger partial charge in [0, 0.05) is 26.6 Å². The molecule has 1 spiro atoms. The lowest BCUT2D eigenvalue weighted by atomic mass is 9.65. The van der Waals surface area contributed by atoms with E-state index in [1.165, 1.54) is 32.8 Å². The Bertz CT molecular complexity index is 1230. The maximum absolute atomic E-state index is 13.2. The molecule has 36 heavy (non-hydrogen) atoms. The molecule has 3 amide bonds. The van der Waals surface area contributed by atoms with Crippen LogP contribution in [-0.2, 0) is 27.8 Å². The van der Waals surface area contributed by atoms with Crippen molar-refractivity contribution < 1.29 is 19.1 Å². The molecule has 9 heteroatoms. The standard InChI is InChI=1S/C27H36N4O5/c1-29-23-19(4-3-5-20(23)31(25(29)34)21-8-9-22(32)28-24(21)33)7-6-18-10-12-27(13-11-18)14-16-30(17-15-27)26(35)36-2/h3-5,18,21H,6-17H2,1-2H3,(H,28,32,33). The molecule has 2 aromatic rings. The van der Waals surface area contributed by atoms with Crippen molar-refractivity contribution in [1.82, 2.24) is 19.4 Å². The molecule has 1 N–H and O–H groups in total. The molecule has 1 saturated carbocycles. The molecule has 1 aliphatic carbocycles. The van der Waals surface area contributed by atoms with Gasteiger partial charge in [-0.25, -0.2) is 9.59 Å². The third-order valence-corrected chi connectivity index (χ3v) is 8.95. The molecule has 194 valence electrons. The minimum atomic E-state index is -0.658. The number of nitrogens with one attached hydrogen (secondary N) is 1. The normalized spacial score (nSPS) is 22.7. The number of likely N-dealkylation sites (tertiary alicyclic amines) is 1. The summed E-state index contributed by atoms with van der Waals surface area (Å²) in [5.74, 6) is -0.0351. The van der Waals surface area contributed by atoms with Crippen LogP contribution in [0.3, 0.4) is 0 Å². The van der Waals surface area contributed by atoms with Gasteiger partial charge in [-0.1, -0.05) is 12.1 Å². The zero-order chi connectivity index (χ0) is 25.4. The van der Waals surface area contributed by atoms with Gasteiger partial charge in [0.2, 0.25) is 11.8 Å². The average Bonchev–Trinajstić information content (AvgIpc) is 3.14. The number of ether oxygens (including phenoxy) is 1. The first kappa shape index (κ1) is 24.6. The van der Waals surface area contributed by atoms with Gasteiger partial charge in [0.1, 0.15) is 6.04 Å². The lowest BCUT2D eigenvalue weighted by Gasteiger charge is -2.45. The highest BCUT2D eigenvalue weighted by atomic mass is 16.5. The summed E-state index contributed by atoms with van der Waals surface area (Å²) in [5.41, 5.74) is 2.92. The first-order valence-electron chi connectivity index (χ1n) is 13.2. The Balaban J connectivity index is 1.25. The van der Waals surface area contributed by atoms with E-state index >= 15 is 0 Å². The number of rotatable bonds is 4. The number of imidazole rings is 1. The molecule has 1 atom stereocenters. The van der Waals surface area contributed by atoms with Crippen LogP contribution in [0.15, 0.2) is 23.0 Å². The summed E-state index contributed by atoms with van der Waals surface area (Å²) in [6.45, 7) is 1.58. The molecule has 0 bridgehead atoms. The summed E-state index contributed by atoms with van der Waals surface area (Å²) >= 11 is 0. The minimum Gasteiger partial charge on any atom is -0.453 e. The zero-order valence-corrected chi connectivity index (χ0v) is 21.3. The Morgan fingerprint density at radius 2 is 1.81 bits per heavy atom. The maximum atomic E-state index is 13.2. The van der Waals surface area contributed by atoms with E-state index in [1.807, 2.05) is 17.0 Å². The van der Waals surface area contributed by atoms with Gasteiger partial charge in [0.15, 0.2) is 0 Å². The van der Waals surface area contributed by atoms with E-state index < -0.39 is 11.9 Å². The van der Waals surface area contributed by atoms with E-state index in [4.69, 9.17) is 4.74 Å². The van der Waals surface area contributed by atoms with Crippen molar-refractivity contribution in [3.05, 3.63) is 34.2 Å². The highest BCUT2D eigenvalue weighted by Gasteiger charge is 2.39. The molecule has 1 unspecified atom stereocenters. The summed E-state index contributed by atoms with van der Waals surface area (Å²) in [6, 6.07) is 5.29. The number of carbonyl (C=O) groups is 3. The van der Waals surface area contributed by atoms with Crippen molar-refractivity contribution in [2.75, 3.05) is 20.2 Å². The van der Waals surface area contributed by atoms with E-state index in [-0.39, 0.29) is 24.1 Å². The molecule has 1 aromatic carbocycles. The van der Waals surface area contributed by atoms with Crippen LogP contribution in [0.1, 0.15) is 69.4 Å². The SMILES string of the molecule is COC(=O)N1CCC2(CCC(CCc3cccc4c3n(C)c(=O)n4C3CCC(=O)NC3=O)CC2)CC1. The Hall–Kier alpha value is -3.10. The second-order valence-corrected chi connectivity index (χ2v) is 10.9. The number of amides is 3. The van der Waals surface area contributed by atoms with Crippen molar-refractivity contribution in [2.24, 2.45) is 18.4 Å². The fourth-order valence-electron chi connectivity index (χ4n) is 6.68. The molecular formula is C27H36N4O5. The summed E-state index contributed by atoms with van der Waals surface area (Å²) in [6.07, 6.45) is 9.26. The number of hydrogen-bond donors (Lipinski definition) is 1. The first-order chi connectivity index (χ1) is 17.3. The van der Waals surface area contributed by atoms with Crippen LogP contribution in [0.4, 0.5) is 4.79 Å². The van der Waals surface area contributed by atoms with E-state index in [0.29, 0.717) is 17.8 Å². The highest BCUT2D eigenvalue weighted by Crippen LogP contribution is 2.47. The van der Waals surface area contributed by atoms with Crippen LogP contribution >= 0.6 is 0 Å². The number of aryl methyl sites for hydroxylation is 2. The van der Waals surface area contributed by atoms with Crippen molar-refractivity contribution in [3.8, 4) is 0 Å². The zero-order valence-electron chi connectivity index (χ0n) is 21.3. The lowest BCUT2D eigenvalue weighted by molar-refractivity contribution is -0.135. The van der Waals surface area contributed by atoms with Crippen LogP contribution in [0, 0.1) is 11.3 Å². The molecule has 2 aliphatic heterocycles. The number of para-hydroxylation sites is 1. The molecule has 3 aliphatic rings. The maximum Gasteiger partial charge on any atom is 0.409 e. The van der Waals surface area contributed by atoms with Crippen LogP contribution in [0.5, 0.6) is 0 Å². The van der Waals surface area contributed by atoms with Gasteiger partial charge in [-0.05, 0) is 80.8 Å². The number of aromatic nitrogens is 2. The van der Waals surface area contributed by atoms with Crippen LogP contribution < -0.4 is 11.0 Å². The van der Waals surface area contributed by atoms with E-state index in [1.54, 1.807) is 16.2 Å². The van der Waals surface area contributed by atoms with Gasteiger partial charge in [-0.15, -0.1) is 0 Å². The highest BCUT2D eigenvalue weighted by molar-refractivity contribution is 6.00. The molecule has 2 saturated heterocycles. The van der Waals surface area contributed by atoms with Gasteiger partial charge in [-0.2, -0.15) is 0 Å². The summed E-state index contributed by atoms with van der Waals surface area (Å²) in [5, 5.41) is 2.37. The number of hydrogen-bond acceptors (Lipinski definition) is 5. The molecule has 3 fully saturated rings. The van der Waals surface area contributed by atoms with E-state index in [9.17, 15) is 19.2 Å². The number of methoxy groups -OCH3 is 1. The number of fused-ring (bicyclic) bond motifs is 1. The predicted molar refractivity (Wildman–Crippen MR) is 135 cm³/mol. The van der Waals surface area contributed by atoms with Gasteiger partial charge in [-0.3, -0.25) is 24.0 Å². The van der Waals surface area contributed by atoms with Crippen molar-refractivity contribution in [2.45, 2.75) is 70.3 Å². The number of carbonyl (C=O) groups excluding carboxylic acids is 3. The number of nitrogens with zero attached hydrogens (tertiary/aromatic N) is 3. The summed E-state index contributed by atoms with van der Waals surface area (Å²) in [4.78, 5) is 50.9. The third kappa shape index (κ3) is 4.44. The lowest BCUT2D eigenvalue weighted by Crippen LogP contribution is -2.44. The molecule has 5 rings (SSSR count). The van der Waals surface area contributed by atoms with Gasteiger partial charge >= 0.3 is 11.8 Å². The quantitative estimate of drug-likeness (QED) is 0.655. The van der Waals surface area contributed by atoms with E-state index in [2.05, 4.69) is 11.4 Å². The van der Waals surface area contributed by atoms with Crippen LogP contribution in [0.2, 0.25) is 0 Å². The predicted octanol–water partition coefficient (Wildman–Crippen LogP) is 3.29. The largest absolute Gasteiger partial charge is 0.453 e. The van der Waals surface area contributed by atoms with Gasteiger partial charge in [0.25, 0.3) is 0 Å². The van der Waals surface area contributed by atoms with Crippen molar-refractivity contribution >= 4 is 28.9 Å². The van der Waals surface area contributed by atoms with Gasteiger partial charge in [0.05, 0.1) is 18.1 Å². The Morgan fingerprint density at radius 3 is 2.47 bits per heavy atom. The Kier molecular flexibility index (Phi) is 6.66. The van der Waals surface area contributed by atoms with E-state index in [0.717, 1.165) is 55.4 Å². The average molecular weight is 497 g/mol. The Labute approximate surface area is 210 Å². The number of piperidine rings is 2. The second kappa shape index (κ2) is 9.75. The molecular weight excluding hydrogens is 460 g/mol. The minimum absolute atomic E-state index is 0.214. The number of benzene rings is 1. The fourth-order valence-corrected chi connectivity index (χ4v) is 6.68. The van der Waals surface area contributed by atoms with Crippen LogP contribution in [0.25, 0.3) is 11.0 Å². The topological polar surface area (TPSA) is 103 Å². The third-order valence-electron chi connectivity index (χ3n) is 8.95. The van der Waals surface area contributed by atoms with Crippen molar-refractivity contribution in [1.29, 1.82) is 0 Å². The van der Waals surface area contributed by atoms with Crippen molar-refractivity contribution in [3.63, 3.8) is 0 Å². The fraction of sp³-hybridized carbons (Fsp3) is 0.630. The Morgan fingerprint density at radius 1 is 1.08 bits per heavy atom. The monoisotopic (exact) mass is 496 g/mol. The molecule has 9 nitrogen and oxygen atoms in total.